The molecular formula is C14H21N3O. The molecule has 98 valence electrons. The van der Waals surface area contributed by atoms with E-state index >= 15 is 0 Å². The van der Waals surface area contributed by atoms with E-state index in [2.05, 4.69) is 23.0 Å². The molecule has 0 saturated carbocycles. The minimum Gasteiger partial charge on any atom is -0.384 e. The lowest BCUT2D eigenvalue weighted by molar-refractivity contribution is 0.193. The summed E-state index contributed by atoms with van der Waals surface area (Å²) in [6.07, 6.45) is 3.54. The predicted octanol–water partition coefficient (Wildman–Crippen LogP) is 1.93. The summed E-state index contributed by atoms with van der Waals surface area (Å²) >= 11 is 0. The van der Waals surface area contributed by atoms with Crippen LogP contribution >= 0.6 is 0 Å². The first-order chi connectivity index (χ1) is 8.75. The van der Waals surface area contributed by atoms with Crippen molar-refractivity contribution in [2.75, 3.05) is 32.5 Å². The molecule has 1 aromatic heterocycles. The van der Waals surface area contributed by atoms with Gasteiger partial charge in [-0.05, 0) is 44.5 Å². The van der Waals surface area contributed by atoms with Crippen LogP contribution in [0.3, 0.4) is 0 Å². The summed E-state index contributed by atoms with van der Waals surface area (Å²) in [4.78, 5) is 7.02. The molecule has 0 radical (unpaired) electrons. The van der Waals surface area contributed by atoms with Crippen LogP contribution in [0.5, 0.6) is 0 Å². The van der Waals surface area contributed by atoms with Crippen LogP contribution in [-0.2, 0) is 4.74 Å². The topological polar surface area (TPSA) is 51.4 Å². The summed E-state index contributed by atoms with van der Waals surface area (Å²) in [5.74, 6) is 1.13. The van der Waals surface area contributed by atoms with Gasteiger partial charge in [-0.25, -0.2) is 4.98 Å². The average Bonchev–Trinajstić information content (AvgIpc) is 2.99. The van der Waals surface area contributed by atoms with Crippen molar-refractivity contribution < 1.29 is 4.74 Å². The molecule has 2 N–H and O–H groups in total. The van der Waals surface area contributed by atoms with Crippen LogP contribution in [0.1, 0.15) is 42.5 Å². The quantitative estimate of drug-likeness (QED) is 0.867. The van der Waals surface area contributed by atoms with Gasteiger partial charge < -0.3 is 10.5 Å². The summed E-state index contributed by atoms with van der Waals surface area (Å²) < 4.78 is 5.51. The second kappa shape index (κ2) is 4.86. The molecule has 0 bridgehead atoms. The lowest BCUT2D eigenvalue weighted by atomic mass is 9.93. The molecule has 0 spiro atoms. The maximum atomic E-state index is 5.88. The fraction of sp³-hybridized carbons (Fsp3) is 0.643. The highest BCUT2D eigenvalue weighted by atomic mass is 16.5. The summed E-state index contributed by atoms with van der Waals surface area (Å²) in [5.41, 5.74) is 8.41. The third-order valence-electron chi connectivity index (χ3n) is 4.18. The van der Waals surface area contributed by atoms with Crippen molar-refractivity contribution in [1.29, 1.82) is 0 Å². The minimum atomic E-state index is 0.434. The molecule has 1 unspecified atom stereocenters. The van der Waals surface area contributed by atoms with Gasteiger partial charge in [-0.3, -0.25) is 4.90 Å². The first-order valence-electron chi connectivity index (χ1n) is 6.80. The molecule has 4 heteroatoms. The molecule has 3 heterocycles. The van der Waals surface area contributed by atoms with Crippen LogP contribution in [0.4, 0.5) is 5.82 Å². The third-order valence-corrected chi connectivity index (χ3v) is 4.18. The minimum absolute atomic E-state index is 0.434. The number of nitrogen functional groups attached to an aromatic ring is 1. The van der Waals surface area contributed by atoms with E-state index in [9.17, 15) is 0 Å². The largest absolute Gasteiger partial charge is 0.384 e. The molecule has 2 fully saturated rings. The lowest BCUT2D eigenvalue weighted by Gasteiger charge is -2.23. The molecule has 2 saturated heterocycles. The Labute approximate surface area is 108 Å². The number of hydrogen-bond donors (Lipinski definition) is 1. The highest BCUT2D eigenvalue weighted by Crippen LogP contribution is 2.36. The number of ether oxygens (including phenoxy) is 1. The van der Waals surface area contributed by atoms with Crippen molar-refractivity contribution in [1.82, 2.24) is 9.88 Å². The maximum absolute atomic E-state index is 5.88. The zero-order valence-electron chi connectivity index (χ0n) is 10.9. The Kier molecular flexibility index (Phi) is 3.22. The SMILES string of the molecule is CN1CCC[C@H]1c1nc(N)ccc1C1CCOC1. The van der Waals surface area contributed by atoms with Gasteiger partial charge >= 0.3 is 0 Å². The molecule has 0 amide bonds. The highest BCUT2D eigenvalue weighted by Gasteiger charge is 2.30. The highest BCUT2D eigenvalue weighted by molar-refractivity contribution is 5.38. The summed E-state index contributed by atoms with van der Waals surface area (Å²) in [5, 5.41) is 0. The average molecular weight is 247 g/mol. The zero-order valence-corrected chi connectivity index (χ0v) is 10.9. The summed E-state index contributed by atoms with van der Waals surface area (Å²) in [7, 11) is 2.18. The van der Waals surface area contributed by atoms with Crippen LogP contribution in [-0.4, -0.2) is 36.7 Å². The van der Waals surface area contributed by atoms with Gasteiger partial charge in [0, 0.05) is 12.5 Å². The predicted molar refractivity (Wildman–Crippen MR) is 71.4 cm³/mol. The van der Waals surface area contributed by atoms with E-state index in [1.165, 1.54) is 24.1 Å². The van der Waals surface area contributed by atoms with Crippen molar-refractivity contribution in [2.24, 2.45) is 0 Å². The van der Waals surface area contributed by atoms with Gasteiger partial charge in [-0.15, -0.1) is 0 Å². The Bertz CT molecular complexity index is 429. The van der Waals surface area contributed by atoms with Crippen LogP contribution in [0, 0.1) is 0 Å². The first-order valence-corrected chi connectivity index (χ1v) is 6.80. The normalized spacial score (nSPS) is 28.9. The molecule has 2 atom stereocenters. The fourth-order valence-electron chi connectivity index (χ4n) is 3.15. The van der Waals surface area contributed by atoms with Gasteiger partial charge in [-0.1, -0.05) is 6.07 Å². The molecule has 2 aliphatic rings. The van der Waals surface area contributed by atoms with Gasteiger partial charge in [0.2, 0.25) is 0 Å². The van der Waals surface area contributed by atoms with Crippen molar-refractivity contribution in [3.8, 4) is 0 Å². The molecule has 2 aliphatic heterocycles. The van der Waals surface area contributed by atoms with E-state index in [0.717, 1.165) is 26.2 Å². The fourth-order valence-corrected chi connectivity index (χ4v) is 3.15. The van der Waals surface area contributed by atoms with Crippen LogP contribution in [0.25, 0.3) is 0 Å². The first kappa shape index (κ1) is 11.9. The molecule has 4 nitrogen and oxygen atoms in total. The molecule has 1 aromatic rings. The number of hydrogen-bond acceptors (Lipinski definition) is 4. The maximum Gasteiger partial charge on any atom is 0.123 e. The second-order valence-corrected chi connectivity index (χ2v) is 5.41. The van der Waals surface area contributed by atoms with E-state index in [4.69, 9.17) is 10.5 Å². The number of pyridine rings is 1. The van der Waals surface area contributed by atoms with Gasteiger partial charge in [0.15, 0.2) is 0 Å². The molecule has 18 heavy (non-hydrogen) atoms. The Morgan fingerprint density at radius 2 is 2.28 bits per heavy atom. The number of likely N-dealkylation sites (tertiary alicyclic amines) is 1. The van der Waals surface area contributed by atoms with Crippen molar-refractivity contribution in [2.45, 2.75) is 31.2 Å². The molecular weight excluding hydrogens is 226 g/mol. The Morgan fingerprint density at radius 1 is 1.39 bits per heavy atom. The standard InChI is InChI=1S/C14H21N3O/c1-17-7-2-3-12(17)14-11(4-5-13(15)16-14)10-6-8-18-9-10/h4-5,10,12H,2-3,6-9H2,1H3,(H2,15,16)/t10?,12-/m0/s1. The molecule has 3 rings (SSSR count). The van der Waals surface area contributed by atoms with E-state index in [0.29, 0.717) is 17.8 Å². The van der Waals surface area contributed by atoms with Crippen LogP contribution < -0.4 is 5.73 Å². The third kappa shape index (κ3) is 2.10. The van der Waals surface area contributed by atoms with E-state index in [-0.39, 0.29) is 0 Å². The van der Waals surface area contributed by atoms with Gasteiger partial charge in [0.25, 0.3) is 0 Å². The lowest BCUT2D eigenvalue weighted by Crippen LogP contribution is -2.21. The van der Waals surface area contributed by atoms with E-state index < -0.39 is 0 Å². The second-order valence-electron chi connectivity index (χ2n) is 5.41. The van der Waals surface area contributed by atoms with E-state index in [1.54, 1.807) is 0 Å². The van der Waals surface area contributed by atoms with Gasteiger partial charge in [0.05, 0.1) is 18.3 Å². The van der Waals surface area contributed by atoms with Gasteiger partial charge in [-0.2, -0.15) is 0 Å². The monoisotopic (exact) mass is 247 g/mol. The Hall–Kier alpha value is -1.13. The van der Waals surface area contributed by atoms with Crippen molar-refractivity contribution in [3.63, 3.8) is 0 Å². The number of nitrogens with two attached hydrogens (primary N) is 1. The summed E-state index contributed by atoms with van der Waals surface area (Å²) in [6, 6.07) is 4.51. The molecule has 0 aromatic carbocycles. The van der Waals surface area contributed by atoms with Crippen LogP contribution in [0.2, 0.25) is 0 Å². The van der Waals surface area contributed by atoms with E-state index in [1.807, 2.05) is 6.07 Å². The number of rotatable bonds is 2. The number of anilines is 1. The van der Waals surface area contributed by atoms with Crippen LogP contribution in [0.15, 0.2) is 12.1 Å². The van der Waals surface area contributed by atoms with Crippen molar-refractivity contribution in [3.05, 3.63) is 23.4 Å². The Morgan fingerprint density at radius 3 is 2.94 bits per heavy atom. The molecule has 0 aliphatic carbocycles. The van der Waals surface area contributed by atoms with Crippen molar-refractivity contribution >= 4 is 5.82 Å². The number of aromatic nitrogens is 1. The smallest absolute Gasteiger partial charge is 0.123 e. The zero-order chi connectivity index (χ0) is 12.5. The summed E-state index contributed by atoms with van der Waals surface area (Å²) in [6.45, 7) is 2.85. The van der Waals surface area contributed by atoms with Gasteiger partial charge in [0.1, 0.15) is 5.82 Å². The Balaban J connectivity index is 1.97. The number of nitrogens with zero attached hydrogens (tertiary/aromatic N) is 2.